The van der Waals surface area contributed by atoms with Gasteiger partial charge in [-0.3, -0.25) is 9.59 Å². The fourth-order valence-corrected chi connectivity index (χ4v) is 5.46. The second-order valence-corrected chi connectivity index (χ2v) is 11.2. The first kappa shape index (κ1) is 27.7. The zero-order valence-electron chi connectivity index (χ0n) is 21.0. The normalized spacial score (nSPS) is 15.4. The van der Waals surface area contributed by atoms with Crippen LogP contribution in [0.3, 0.4) is 0 Å². The molecular weight excluding hydrogens is 538 g/mol. The summed E-state index contributed by atoms with van der Waals surface area (Å²) in [4.78, 5) is 26.0. The molecule has 4 rings (SSSR count). The molecule has 1 aliphatic rings. The van der Waals surface area contributed by atoms with Crippen molar-refractivity contribution in [2.75, 3.05) is 16.4 Å². The van der Waals surface area contributed by atoms with Crippen molar-refractivity contribution in [1.82, 2.24) is 5.32 Å². The molecule has 0 saturated heterocycles. The minimum atomic E-state index is -3.88. The number of primary sulfonamides is 1. The van der Waals surface area contributed by atoms with Crippen LogP contribution in [0.5, 0.6) is 0 Å². The Morgan fingerprint density at radius 1 is 1.08 bits per heavy atom. The molecule has 39 heavy (non-hydrogen) atoms. The molecule has 0 fully saturated rings. The lowest BCUT2D eigenvalue weighted by molar-refractivity contribution is -0.114. The first-order chi connectivity index (χ1) is 18.6. The number of sulfonamides is 1. The summed E-state index contributed by atoms with van der Waals surface area (Å²) in [6.07, 6.45) is 1.45. The monoisotopic (exact) mass is 563 g/mol. The SMILES string of the molecule is CC1=C(C(=O)Nc2ccc(S(N)(=O)=O)cc2)C(c2ccco2)C(C#N)=C(SCC(=O)Nc2cccc(C)c2)N1. The van der Waals surface area contributed by atoms with Crippen LogP contribution in [0.4, 0.5) is 11.4 Å². The van der Waals surface area contributed by atoms with Gasteiger partial charge in [-0.05, 0) is 67.9 Å². The van der Waals surface area contributed by atoms with Crippen LogP contribution >= 0.6 is 11.8 Å². The Bertz CT molecular complexity index is 1620. The average molecular weight is 564 g/mol. The van der Waals surface area contributed by atoms with E-state index in [9.17, 15) is 23.3 Å². The van der Waals surface area contributed by atoms with Crippen molar-refractivity contribution in [3.63, 3.8) is 0 Å². The van der Waals surface area contributed by atoms with Crippen LogP contribution in [0.1, 0.15) is 24.2 Å². The Morgan fingerprint density at radius 3 is 2.44 bits per heavy atom. The number of rotatable bonds is 8. The van der Waals surface area contributed by atoms with Gasteiger partial charge >= 0.3 is 0 Å². The largest absolute Gasteiger partial charge is 0.468 e. The van der Waals surface area contributed by atoms with E-state index in [2.05, 4.69) is 22.0 Å². The number of amides is 2. The number of nitriles is 1. The van der Waals surface area contributed by atoms with E-state index in [0.29, 0.717) is 27.9 Å². The number of hydrogen-bond acceptors (Lipinski definition) is 8. The first-order valence-electron chi connectivity index (χ1n) is 11.7. The van der Waals surface area contributed by atoms with Crippen molar-refractivity contribution in [1.29, 1.82) is 5.26 Å². The number of benzene rings is 2. The summed E-state index contributed by atoms with van der Waals surface area (Å²) in [5, 5.41) is 24.4. The summed E-state index contributed by atoms with van der Waals surface area (Å²) in [6, 6.07) is 18.3. The van der Waals surface area contributed by atoms with Crippen molar-refractivity contribution in [2.45, 2.75) is 24.7 Å². The van der Waals surface area contributed by atoms with Crippen LogP contribution in [-0.2, 0) is 19.6 Å². The number of nitrogens with zero attached hydrogens (tertiary/aromatic N) is 1. The van der Waals surface area contributed by atoms with Crippen LogP contribution in [0, 0.1) is 18.3 Å². The van der Waals surface area contributed by atoms with Crippen molar-refractivity contribution in [3.8, 4) is 6.07 Å². The molecule has 12 heteroatoms. The predicted molar refractivity (Wildman–Crippen MR) is 149 cm³/mol. The van der Waals surface area contributed by atoms with E-state index >= 15 is 0 Å². The molecule has 2 amide bonds. The van der Waals surface area contributed by atoms with E-state index in [-0.39, 0.29) is 27.7 Å². The van der Waals surface area contributed by atoms with Crippen molar-refractivity contribution < 1.29 is 22.4 Å². The summed E-state index contributed by atoms with van der Waals surface area (Å²) in [7, 11) is -3.88. The van der Waals surface area contributed by atoms with E-state index in [1.807, 2.05) is 25.1 Å². The molecule has 0 aliphatic carbocycles. The van der Waals surface area contributed by atoms with Crippen molar-refractivity contribution >= 4 is 45.0 Å². The zero-order chi connectivity index (χ0) is 28.2. The second-order valence-electron chi connectivity index (χ2n) is 8.70. The highest BCUT2D eigenvalue weighted by atomic mass is 32.2. The lowest BCUT2D eigenvalue weighted by Crippen LogP contribution is -2.31. The van der Waals surface area contributed by atoms with Gasteiger partial charge in [-0.15, -0.1) is 0 Å². The quantitative estimate of drug-likeness (QED) is 0.320. The Balaban J connectivity index is 1.57. The third-order valence-electron chi connectivity index (χ3n) is 5.81. The van der Waals surface area contributed by atoms with E-state index < -0.39 is 21.8 Å². The number of nitrogens with one attached hydrogen (secondary N) is 3. The van der Waals surface area contributed by atoms with Crippen molar-refractivity contribution in [3.05, 3.63) is 100 Å². The van der Waals surface area contributed by atoms with Gasteiger partial charge in [-0.2, -0.15) is 5.26 Å². The topological polar surface area (TPSA) is 167 Å². The van der Waals surface area contributed by atoms with Gasteiger partial charge in [-0.1, -0.05) is 23.9 Å². The highest BCUT2D eigenvalue weighted by Gasteiger charge is 2.36. The molecule has 0 saturated carbocycles. The fourth-order valence-electron chi connectivity index (χ4n) is 4.05. The second kappa shape index (κ2) is 11.6. The number of thioether (sulfide) groups is 1. The summed E-state index contributed by atoms with van der Waals surface area (Å²) in [5.41, 5.74) is 2.95. The maximum absolute atomic E-state index is 13.4. The number of carbonyl (C=O) groups is 2. The van der Waals surface area contributed by atoms with Crippen LogP contribution in [-0.4, -0.2) is 26.0 Å². The molecule has 1 unspecified atom stereocenters. The molecule has 10 nitrogen and oxygen atoms in total. The number of anilines is 2. The molecule has 200 valence electrons. The van der Waals surface area contributed by atoms with E-state index in [4.69, 9.17) is 9.56 Å². The molecule has 1 aromatic heterocycles. The third-order valence-corrected chi connectivity index (χ3v) is 7.76. The van der Waals surface area contributed by atoms with Gasteiger partial charge in [0.05, 0.1) is 45.1 Å². The van der Waals surface area contributed by atoms with Gasteiger partial charge in [0.1, 0.15) is 5.76 Å². The van der Waals surface area contributed by atoms with Crippen LogP contribution in [0.25, 0.3) is 0 Å². The van der Waals surface area contributed by atoms with Gasteiger partial charge in [0.25, 0.3) is 5.91 Å². The van der Waals surface area contributed by atoms with Gasteiger partial charge < -0.3 is 20.4 Å². The summed E-state index contributed by atoms with van der Waals surface area (Å²) in [5.74, 6) is -1.20. The number of allylic oxidation sites excluding steroid dienone is 2. The van der Waals surface area contributed by atoms with E-state index in [1.165, 1.54) is 30.5 Å². The highest BCUT2D eigenvalue weighted by Crippen LogP contribution is 2.41. The highest BCUT2D eigenvalue weighted by molar-refractivity contribution is 8.03. The Morgan fingerprint density at radius 2 is 1.82 bits per heavy atom. The third kappa shape index (κ3) is 6.58. The Kier molecular flexibility index (Phi) is 8.25. The summed E-state index contributed by atoms with van der Waals surface area (Å²) >= 11 is 1.15. The molecule has 0 radical (unpaired) electrons. The average Bonchev–Trinajstić information content (AvgIpc) is 3.41. The molecule has 2 heterocycles. The number of furan rings is 1. The maximum atomic E-state index is 13.4. The molecule has 0 spiro atoms. The number of aryl methyl sites for hydroxylation is 1. The molecular formula is C27H25N5O5S2. The minimum Gasteiger partial charge on any atom is -0.468 e. The van der Waals surface area contributed by atoms with Gasteiger partial charge in [-0.25, -0.2) is 13.6 Å². The van der Waals surface area contributed by atoms with Crippen LogP contribution in [0.15, 0.2) is 98.1 Å². The molecule has 1 aliphatic heterocycles. The first-order valence-corrected chi connectivity index (χ1v) is 14.2. The zero-order valence-corrected chi connectivity index (χ0v) is 22.7. The Hall–Kier alpha value is -4.31. The predicted octanol–water partition coefficient (Wildman–Crippen LogP) is 3.94. The minimum absolute atomic E-state index is 0.0253. The van der Waals surface area contributed by atoms with E-state index in [1.54, 1.807) is 25.1 Å². The summed E-state index contributed by atoms with van der Waals surface area (Å²) in [6.45, 7) is 3.62. The van der Waals surface area contributed by atoms with Gasteiger partial charge in [0, 0.05) is 17.1 Å². The molecule has 5 N–H and O–H groups in total. The van der Waals surface area contributed by atoms with Gasteiger partial charge in [0.15, 0.2) is 0 Å². The van der Waals surface area contributed by atoms with Crippen LogP contribution < -0.4 is 21.1 Å². The maximum Gasteiger partial charge on any atom is 0.254 e. The smallest absolute Gasteiger partial charge is 0.254 e. The molecule has 1 atom stereocenters. The van der Waals surface area contributed by atoms with Gasteiger partial charge in [0.2, 0.25) is 15.9 Å². The van der Waals surface area contributed by atoms with Crippen molar-refractivity contribution in [2.24, 2.45) is 5.14 Å². The number of dihydropyridines is 1. The summed E-state index contributed by atoms with van der Waals surface area (Å²) < 4.78 is 28.7. The fraction of sp³-hybridized carbons (Fsp3) is 0.148. The standard InChI is InChI=1S/C27H25N5O5S2/c1-16-5-3-6-19(13-16)31-23(33)15-38-27-21(14-28)25(22-7-4-12-37-22)24(17(2)30-27)26(34)32-18-8-10-20(11-9-18)39(29,35)36/h3-13,25,30H,15H2,1-2H3,(H,31,33)(H,32,34)(H2,29,35,36). The lowest BCUT2D eigenvalue weighted by atomic mass is 9.85. The number of hydrogen-bond donors (Lipinski definition) is 4. The van der Waals surface area contributed by atoms with E-state index in [0.717, 1.165) is 17.3 Å². The number of carbonyl (C=O) groups excluding carboxylic acids is 2. The van der Waals surface area contributed by atoms with Crippen LogP contribution in [0.2, 0.25) is 0 Å². The lowest BCUT2D eigenvalue weighted by Gasteiger charge is -2.28. The molecule has 2 aromatic carbocycles. The molecule has 0 bridgehead atoms. The number of nitrogens with two attached hydrogens (primary N) is 1. The molecule has 3 aromatic rings. The Labute approximate surface area is 230 Å².